The quantitative estimate of drug-likeness (QED) is 0.178. The van der Waals surface area contributed by atoms with E-state index in [1.807, 2.05) is 61.5 Å². The predicted molar refractivity (Wildman–Crippen MR) is 169 cm³/mol. The fourth-order valence-electron chi connectivity index (χ4n) is 5.50. The van der Waals surface area contributed by atoms with Gasteiger partial charge in [0.15, 0.2) is 5.69 Å². The van der Waals surface area contributed by atoms with Crippen molar-refractivity contribution in [3.05, 3.63) is 119 Å². The van der Waals surface area contributed by atoms with Crippen LogP contribution in [0.1, 0.15) is 39.8 Å². The number of aromatic nitrogens is 5. The van der Waals surface area contributed by atoms with E-state index < -0.39 is 5.91 Å². The highest BCUT2D eigenvalue weighted by atomic mass is 16.6. The van der Waals surface area contributed by atoms with Crippen LogP contribution in [-0.2, 0) is 19.6 Å². The molecule has 0 fully saturated rings. The van der Waals surface area contributed by atoms with Crippen LogP contribution in [-0.4, -0.2) is 43.5 Å². The van der Waals surface area contributed by atoms with E-state index in [1.165, 1.54) is 21.0 Å². The summed E-state index contributed by atoms with van der Waals surface area (Å²) >= 11 is 0. The number of benzene rings is 4. The smallest absolute Gasteiger partial charge is 0.293 e. The minimum absolute atomic E-state index is 0.0355. The van der Waals surface area contributed by atoms with Gasteiger partial charge in [0, 0.05) is 12.2 Å². The fourth-order valence-corrected chi connectivity index (χ4v) is 5.50. The van der Waals surface area contributed by atoms with Gasteiger partial charge in [-0.2, -0.15) is 9.78 Å². The topological polar surface area (TPSA) is 150 Å². The Labute approximate surface area is 258 Å². The van der Waals surface area contributed by atoms with Crippen molar-refractivity contribution in [3.8, 4) is 11.6 Å². The van der Waals surface area contributed by atoms with Crippen molar-refractivity contribution in [2.24, 2.45) is 5.10 Å². The highest BCUT2D eigenvalue weighted by Gasteiger charge is 2.28. The number of anilines is 2. The Morgan fingerprint density at radius 2 is 1.80 bits per heavy atom. The Hall–Kier alpha value is -6.04. The highest BCUT2D eigenvalue weighted by molar-refractivity contribution is 6.00. The zero-order valence-electron chi connectivity index (χ0n) is 24.4. The first-order valence-electron chi connectivity index (χ1n) is 14.5. The van der Waals surface area contributed by atoms with Crippen LogP contribution in [0.5, 0.6) is 5.75 Å². The largest absolute Gasteiger partial charge is 0.489 e. The van der Waals surface area contributed by atoms with Crippen LogP contribution in [0.2, 0.25) is 0 Å². The average molecular weight is 600 g/mol. The van der Waals surface area contributed by atoms with Crippen LogP contribution in [0.4, 0.5) is 11.5 Å². The number of nitrogens with one attached hydrogen (secondary N) is 1. The Bertz CT molecular complexity index is 2030. The minimum Gasteiger partial charge on any atom is -0.489 e. The van der Waals surface area contributed by atoms with Gasteiger partial charge in [0.1, 0.15) is 12.4 Å². The molecule has 0 aliphatic carbocycles. The maximum atomic E-state index is 13.4. The van der Waals surface area contributed by atoms with E-state index in [9.17, 15) is 4.79 Å². The maximum Gasteiger partial charge on any atom is 0.293 e. The number of para-hydroxylation sites is 1. The molecule has 0 saturated carbocycles. The molecule has 0 bridgehead atoms. The number of nitrogens with zero attached hydrogens (tertiary/aromatic N) is 7. The molecule has 4 aromatic carbocycles. The summed E-state index contributed by atoms with van der Waals surface area (Å²) in [4.78, 5) is 15.5. The van der Waals surface area contributed by atoms with E-state index >= 15 is 0 Å². The van der Waals surface area contributed by atoms with Gasteiger partial charge < -0.3 is 15.4 Å². The van der Waals surface area contributed by atoms with E-state index in [0.717, 1.165) is 35.5 Å². The van der Waals surface area contributed by atoms with Crippen molar-refractivity contribution in [1.29, 1.82) is 0 Å². The lowest BCUT2D eigenvalue weighted by molar-refractivity contribution is 0.0948. The number of hydrogen-bond donors (Lipinski definition) is 2. The number of nitrogen functional groups attached to an aromatic ring is 1. The molecule has 0 unspecified atom stereocenters. The number of carbonyl (C=O) groups is 1. The van der Waals surface area contributed by atoms with Crippen LogP contribution in [0.15, 0.2) is 101 Å². The third-order valence-electron chi connectivity index (χ3n) is 7.87. The number of rotatable bonds is 9. The minimum atomic E-state index is -0.520. The lowest BCUT2D eigenvalue weighted by Gasteiger charge is -2.19. The third kappa shape index (κ3) is 5.56. The van der Waals surface area contributed by atoms with E-state index in [4.69, 9.17) is 15.1 Å². The maximum absolute atomic E-state index is 13.4. The van der Waals surface area contributed by atoms with Crippen LogP contribution >= 0.6 is 0 Å². The molecule has 12 heteroatoms. The van der Waals surface area contributed by atoms with E-state index in [1.54, 1.807) is 0 Å². The molecule has 1 aliphatic heterocycles. The number of amides is 1. The zero-order chi connectivity index (χ0) is 30.8. The monoisotopic (exact) mass is 599 g/mol. The number of ether oxygens (including phenoxy) is 1. The molecule has 12 nitrogen and oxygen atoms in total. The van der Waals surface area contributed by atoms with E-state index in [0.29, 0.717) is 24.6 Å². The van der Waals surface area contributed by atoms with Crippen LogP contribution < -0.4 is 20.8 Å². The van der Waals surface area contributed by atoms with Crippen molar-refractivity contribution >= 4 is 33.9 Å². The van der Waals surface area contributed by atoms with Gasteiger partial charge in [0.05, 0.1) is 18.0 Å². The van der Waals surface area contributed by atoms with E-state index in [-0.39, 0.29) is 17.3 Å². The van der Waals surface area contributed by atoms with Gasteiger partial charge in [0.25, 0.3) is 5.91 Å². The Balaban J connectivity index is 1.06. The fraction of sp³-hybridized carbons (Fsp3) is 0.152. The lowest BCUT2D eigenvalue weighted by atomic mass is 10.1. The van der Waals surface area contributed by atoms with Gasteiger partial charge in [-0.3, -0.25) is 4.79 Å². The van der Waals surface area contributed by atoms with Crippen LogP contribution in [0.3, 0.4) is 0 Å². The summed E-state index contributed by atoms with van der Waals surface area (Å²) in [5.74, 6) is 0.405. The average Bonchev–Trinajstić information content (AvgIpc) is 3.81. The summed E-state index contributed by atoms with van der Waals surface area (Å²) < 4.78 is 12.2. The molecule has 0 radical (unpaired) electrons. The summed E-state index contributed by atoms with van der Waals surface area (Å²) in [6.07, 6.45) is 0.892. The van der Waals surface area contributed by atoms with Crippen molar-refractivity contribution in [1.82, 2.24) is 30.7 Å². The van der Waals surface area contributed by atoms with E-state index in [2.05, 4.69) is 72.5 Å². The zero-order valence-corrected chi connectivity index (χ0v) is 24.4. The standard InChI is InChI=1S/C33H29N9O3/c1-21(22-13-15-26(16-14-22)44-20-25-10-6-9-23-7-2-4-11-27(23)25)35-37-33(43)30-29(42(40-36-30)32-31(34)38-45-39-32)19-41-18-17-24-8-3-5-12-28(24)41/h2-16H,17-20H2,1H3,(H2,34,38)(H,37,43). The number of hydrogen-bond acceptors (Lipinski definition) is 10. The van der Waals surface area contributed by atoms with Crippen LogP contribution in [0, 0.1) is 0 Å². The molecule has 1 aliphatic rings. The highest BCUT2D eigenvalue weighted by Crippen LogP contribution is 2.30. The normalized spacial score (nSPS) is 12.8. The first-order valence-corrected chi connectivity index (χ1v) is 14.5. The first kappa shape index (κ1) is 27.8. The van der Waals surface area contributed by atoms with Crippen molar-refractivity contribution in [2.45, 2.75) is 26.5 Å². The van der Waals surface area contributed by atoms with Gasteiger partial charge in [-0.25, -0.2) is 10.1 Å². The molecule has 0 saturated heterocycles. The van der Waals surface area contributed by atoms with Crippen molar-refractivity contribution in [3.63, 3.8) is 0 Å². The van der Waals surface area contributed by atoms with Crippen molar-refractivity contribution < 1.29 is 14.2 Å². The molecular weight excluding hydrogens is 570 g/mol. The Morgan fingerprint density at radius 1 is 1.00 bits per heavy atom. The second-order valence-electron chi connectivity index (χ2n) is 10.7. The van der Waals surface area contributed by atoms with Gasteiger partial charge in [-0.1, -0.05) is 65.9 Å². The van der Waals surface area contributed by atoms with Gasteiger partial charge in [-0.15, -0.1) is 5.10 Å². The predicted octanol–water partition coefficient (Wildman–Crippen LogP) is 4.68. The molecule has 0 spiro atoms. The number of carbonyl (C=O) groups excluding carboxylic acids is 1. The molecule has 0 atom stereocenters. The lowest BCUT2D eigenvalue weighted by Crippen LogP contribution is -2.26. The third-order valence-corrected chi connectivity index (χ3v) is 7.87. The Morgan fingerprint density at radius 3 is 2.64 bits per heavy atom. The molecule has 3 heterocycles. The Kier molecular flexibility index (Phi) is 7.36. The SMILES string of the molecule is CC(=NNC(=O)c1nnn(-c2nonc2N)c1CN1CCc2ccccc21)c1ccc(OCc2cccc3ccccc23)cc1. The molecule has 224 valence electrons. The molecule has 7 rings (SSSR count). The molecular formula is C33H29N9O3. The summed E-state index contributed by atoms with van der Waals surface area (Å²) in [5, 5.41) is 22.5. The number of fused-ring (bicyclic) bond motifs is 2. The second-order valence-corrected chi connectivity index (χ2v) is 10.7. The van der Waals surface area contributed by atoms with Crippen LogP contribution in [0.25, 0.3) is 16.6 Å². The summed E-state index contributed by atoms with van der Waals surface area (Å²) in [5.41, 5.74) is 14.0. The first-order chi connectivity index (χ1) is 22.0. The number of nitrogens with two attached hydrogens (primary N) is 1. The summed E-state index contributed by atoms with van der Waals surface area (Å²) in [6.45, 7) is 3.37. The van der Waals surface area contributed by atoms with Gasteiger partial charge in [0.2, 0.25) is 11.6 Å². The molecule has 45 heavy (non-hydrogen) atoms. The molecule has 6 aromatic rings. The summed E-state index contributed by atoms with van der Waals surface area (Å²) in [6, 6.07) is 30.2. The second kappa shape index (κ2) is 11.9. The molecule has 3 N–H and O–H groups in total. The number of hydrazone groups is 1. The van der Waals surface area contributed by atoms with Gasteiger partial charge in [-0.05, 0) is 81.5 Å². The van der Waals surface area contributed by atoms with Crippen molar-refractivity contribution in [2.75, 3.05) is 17.2 Å². The van der Waals surface area contributed by atoms with Gasteiger partial charge >= 0.3 is 0 Å². The summed E-state index contributed by atoms with van der Waals surface area (Å²) in [7, 11) is 0. The molecule has 2 aromatic heterocycles. The molecule has 1 amide bonds.